The lowest BCUT2D eigenvalue weighted by molar-refractivity contribution is 0.102. The Morgan fingerprint density at radius 3 is 2.34 bits per heavy atom. The van der Waals surface area contributed by atoms with E-state index in [1.54, 1.807) is 31.2 Å². The standard InChI is InChI=1S/C19H20N4O3S3/c1-11-7-12(2)9-15(8-11)23-29(25,26)16-10-14(6-5-13(16)3)17(24)20-18-21-22-19(27-4)28-18/h5-10,23H,1-4H3,(H,20,21,24). The van der Waals surface area contributed by atoms with E-state index in [9.17, 15) is 13.2 Å². The molecule has 0 aliphatic rings. The number of rotatable bonds is 6. The summed E-state index contributed by atoms with van der Waals surface area (Å²) in [6, 6.07) is 10.0. The average Bonchev–Trinajstić information content (AvgIpc) is 3.08. The molecule has 0 saturated carbocycles. The number of aryl methyl sites for hydroxylation is 3. The molecule has 29 heavy (non-hydrogen) atoms. The second-order valence-electron chi connectivity index (χ2n) is 6.49. The summed E-state index contributed by atoms with van der Waals surface area (Å²) >= 11 is 2.68. The number of hydrogen-bond acceptors (Lipinski definition) is 7. The van der Waals surface area contributed by atoms with Crippen LogP contribution in [0.1, 0.15) is 27.0 Å². The Labute approximate surface area is 178 Å². The molecule has 0 fully saturated rings. The highest BCUT2D eigenvalue weighted by Crippen LogP contribution is 2.25. The van der Waals surface area contributed by atoms with E-state index in [2.05, 4.69) is 20.2 Å². The molecule has 0 unspecified atom stereocenters. The molecule has 0 bridgehead atoms. The van der Waals surface area contributed by atoms with Crippen molar-refractivity contribution in [1.29, 1.82) is 0 Å². The first-order valence-corrected chi connectivity index (χ1v) is 12.1. The predicted octanol–water partition coefficient (Wildman–Crippen LogP) is 4.24. The molecule has 3 rings (SSSR count). The molecule has 7 nitrogen and oxygen atoms in total. The molecule has 2 aromatic carbocycles. The molecule has 3 aromatic rings. The third-order valence-corrected chi connectivity index (χ3v) is 7.35. The van der Waals surface area contributed by atoms with Gasteiger partial charge in [-0.15, -0.1) is 10.2 Å². The van der Waals surface area contributed by atoms with Crippen molar-refractivity contribution < 1.29 is 13.2 Å². The van der Waals surface area contributed by atoms with E-state index >= 15 is 0 Å². The first-order valence-electron chi connectivity index (χ1n) is 8.58. The van der Waals surface area contributed by atoms with Crippen molar-refractivity contribution in [3.63, 3.8) is 0 Å². The third-order valence-electron chi connectivity index (χ3n) is 4.02. The molecule has 0 aliphatic heterocycles. The van der Waals surface area contributed by atoms with Gasteiger partial charge in [0, 0.05) is 11.3 Å². The summed E-state index contributed by atoms with van der Waals surface area (Å²) in [5.41, 5.74) is 3.15. The van der Waals surface area contributed by atoms with E-state index in [4.69, 9.17) is 0 Å². The Balaban J connectivity index is 1.88. The highest BCUT2D eigenvalue weighted by Gasteiger charge is 2.20. The van der Waals surface area contributed by atoms with Crippen LogP contribution in [0.15, 0.2) is 45.6 Å². The Morgan fingerprint density at radius 2 is 1.72 bits per heavy atom. The maximum Gasteiger partial charge on any atom is 0.262 e. The van der Waals surface area contributed by atoms with Crippen LogP contribution in [0.25, 0.3) is 0 Å². The first kappa shape index (κ1) is 21.3. The zero-order chi connectivity index (χ0) is 21.2. The largest absolute Gasteiger partial charge is 0.296 e. The lowest BCUT2D eigenvalue weighted by Crippen LogP contribution is -2.17. The maximum atomic E-state index is 13.0. The summed E-state index contributed by atoms with van der Waals surface area (Å²) in [4.78, 5) is 12.6. The summed E-state index contributed by atoms with van der Waals surface area (Å²) in [6.45, 7) is 5.49. The van der Waals surface area contributed by atoms with Crippen LogP contribution in [0.3, 0.4) is 0 Å². The fourth-order valence-electron chi connectivity index (χ4n) is 2.79. The van der Waals surface area contributed by atoms with Crippen LogP contribution in [0, 0.1) is 20.8 Å². The molecule has 0 radical (unpaired) electrons. The number of aromatic nitrogens is 2. The minimum Gasteiger partial charge on any atom is -0.296 e. The molecule has 152 valence electrons. The molecule has 1 heterocycles. The fourth-order valence-corrected chi connectivity index (χ4v) is 5.26. The van der Waals surface area contributed by atoms with Crippen molar-refractivity contribution in [2.45, 2.75) is 30.0 Å². The number of benzene rings is 2. The van der Waals surface area contributed by atoms with Gasteiger partial charge >= 0.3 is 0 Å². The predicted molar refractivity (Wildman–Crippen MR) is 118 cm³/mol. The van der Waals surface area contributed by atoms with Crippen molar-refractivity contribution in [2.24, 2.45) is 0 Å². The van der Waals surface area contributed by atoms with E-state index in [-0.39, 0.29) is 10.5 Å². The lowest BCUT2D eigenvalue weighted by atomic mass is 10.1. The van der Waals surface area contributed by atoms with Gasteiger partial charge in [-0.1, -0.05) is 35.2 Å². The number of anilines is 2. The smallest absolute Gasteiger partial charge is 0.262 e. The number of amides is 1. The van der Waals surface area contributed by atoms with Gasteiger partial charge in [0.2, 0.25) is 5.13 Å². The van der Waals surface area contributed by atoms with Gasteiger partial charge in [0.1, 0.15) is 0 Å². The molecule has 2 N–H and O–H groups in total. The second kappa shape index (κ2) is 8.52. The summed E-state index contributed by atoms with van der Waals surface area (Å²) in [7, 11) is -3.86. The summed E-state index contributed by atoms with van der Waals surface area (Å²) < 4.78 is 29.2. The van der Waals surface area contributed by atoms with Crippen LogP contribution < -0.4 is 10.0 Å². The fraction of sp³-hybridized carbons (Fsp3) is 0.211. The number of carbonyl (C=O) groups excluding carboxylic acids is 1. The van der Waals surface area contributed by atoms with Gasteiger partial charge < -0.3 is 0 Å². The lowest BCUT2D eigenvalue weighted by Gasteiger charge is -2.13. The molecule has 0 atom stereocenters. The number of sulfonamides is 1. The minimum absolute atomic E-state index is 0.0476. The van der Waals surface area contributed by atoms with E-state index in [0.717, 1.165) is 15.5 Å². The molecular weight excluding hydrogens is 428 g/mol. The van der Waals surface area contributed by atoms with Crippen LogP contribution >= 0.6 is 23.1 Å². The Kier molecular flexibility index (Phi) is 6.25. The van der Waals surface area contributed by atoms with Crippen molar-refractivity contribution in [2.75, 3.05) is 16.3 Å². The van der Waals surface area contributed by atoms with Gasteiger partial charge in [0.05, 0.1) is 4.90 Å². The van der Waals surface area contributed by atoms with Gasteiger partial charge in [0.25, 0.3) is 15.9 Å². The van der Waals surface area contributed by atoms with E-state index < -0.39 is 15.9 Å². The minimum atomic E-state index is -3.86. The van der Waals surface area contributed by atoms with Gasteiger partial charge in [-0.2, -0.15) is 0 Å². The maximum absolute atomic E-state index is 13.0. The quantitative estimate of drug-likeness (QED) is 0.432. The third kappa shape index (κ3) is 5.14. The molecule has 10 heteroatoms. The number of thioether (sulfide) groups is 1. The van der Waals surface area contributed by atoms with Crippen molar-refractivity contribution >= 4 is 49.8 Å². The zero-order valence-corrected chi connectivity index (χ0v) is 18.8. The second-order valence-corrected chi connectivity index (χ2v) is 10.2. The van der Waals surface area contributed by atoms with Gasteiger partial charge in [-0.05, 0) is 68.0 Å². The number of nitrogens with zero attached hydrogens (tertiary/aromatic N) is 2. The molecule has 0 saturated heterocycles. The highest BCUT2D eigenvalue weighted by molar-refractivity contribution is 8.00. The van der Waals surface area contributed by atoms with Crippen molar-refractivity contribution in [1.82, 2.24) is 10.2 Å². The van der Waals surface area contributed by atoms with Crippen molar-refractivity contribution in [3.8, 4) is 0 Å². The van der Waals surface area contributed by atoms with Crippen molar-refractivity contribution in [3.05, 3.63) is 58.7 Å². The molecule has 1 aromatic heterocycles. The topological polar surface area (TPSA) is 101 Å². The number of hydrogen-bond donors (Lipinski definition) is 2. The van der Waals surface area contributed by atoms with Gasteiger partial charge in [-0.25, -0.2) is 8.42 Å². The Hall–Kier alpha value is -2.43. The monoisotopic (exact) mass is 448 g/mol. The first-order chi connectivity index (χ1) is 13.7. The summed E-state index contributed by atoms with van der Waals surface area (Å²) in [6.07, 6.45) is 1.87. The van der Waals surface area contributed by atoms with Crippen LogP contribution in [-0.2, 0) is 10.0 Å². The van der Waals surface area contributed by atoms with Crippen LogP contribution in [0.4, 0.5) is 10.8 Å². The number of nitrogens with one attached hydrogen (secondary N) is 2. The molecular formula is C19H20N4O3S3. The van der Waals surface area contributed by atoms with Gasteiger partial charge in [0.15, 0.2) is 4.34 Å². The average molecular weight is 449 g/mol. The SMILES string of the molecule is CSc1nnc(NC(=O)c2ccc(C)c(S(=O)(=O)Nc3cc(C)cc(C)c3)c2)s1. The molecule has 1 amide bonds. The van der Waals surface area contributed by atoms with Crippen LogP contribution in [-0.4, -0.2) is 30.8 Å². The van der Waals surface area contributed by atoms with E-state index in [0.29, 0.717) is 16.4 Å². The Bertz CT molecular complexity index is 1150. The zero-order valence-electron chi connectivity index (χ0n) is 16.3. The number of carbonyl (C=O) groups is 1. The molecule has 0 spiro atoms. The summed E-state index contributed by atoms with van der Waals surface area (Å²) in [5, 5.41) is 10.8. The van der Waals surface area contributed by atoms with E-state index in [1.165, 1.54) is 29.2 Å². The molecule has 0 aliphatic carbocycles. The van der Waals surface area contributed by atoms with Crippen LogP contribution in [0.2, 0.25) is 0 Å². The summed E-state index contributed by atoms with van der Waals surface area (Å²) in [5.74, 6) is -0.448. The normalized spacial score (nSPS) is 11.3. The van der Waals surface area contributed by atoms with Crippen LogP contribution in [0.5, 0.6) is 0 Å². The van der Waals surface area contributed by atoms with E-state index in [1.807, 2.05) is 26.2 Å². The highest BCUT2D eigenvalue weighted by atomic mass is 32.2. The van der Waals surface area contributed by atoms with Gasteiger partial charge in [-0.3, -0.25) is 14.8 Å². The Morgan fingerprint density at radius 1 is 1.03 bits per heavy atom.